The number of aromatic nitrogens is 2. The quantitative estimate of drug-likeness (QED) is 0.419. The maximum Gasteiger partial charge on any atom is 0.225 e. The minimum atomic E-state index is -1.46. The van der Waals surface area contributed by atoms with Crippen molar-refractivity contribution in [3.05, 3.63) is 45.8 Å². The van der Waals surface area contributed by atoms with Crippen LogP contribution in [0.4, 0.5) is 15.9 Å². The molecule has 7 rings (SSSR count). The molecule has 1 saturated heterocycles. The smallest absolute Gasteiger partial charge is 0.225 e. The number of thiophene rings is 1. The highest BCUT2D eigenvalue weighted by molar-refractivity contribution is 7.18. The first-order valence-corrected chi connectivity index (χ1v) is 14.5. The molecule has 38 heavy (non-hydrogen) atoms. The number of benzene rings is 1. The summed E-state index contributed by atoms with van der Waals surface area (Å²) in [5, 5.41) is 3.56. The number of fused-ring (bicyclic) bond motifs is 3. The zero-order valence-electron chi connectivity index (χ0n) is 21.2. The van der Waals surface area contributed by atoms with Crippen molar-refractivity contribution in [2.75, 3.05) is 36.1 Å². The Balaban J connectivity index is 1.09. The van der Waals surface area contributed by atoms with Crippen LogP contribution in [0.2, 0.25) is 5.28 Å². The van der Waals surface area contributed by atoms with E-state index in [2.05, 4.69) is 30.2 Å². The van der Waals surface area contributed by atoms with Gasteiger partial charge < -0.3 is 10.6 Å². The fourth-order valence-electron chi connectivity index (χ4n) is 6.87. The van der Waals surface area contributed by atoms with Gasteiger partial charge in [-0.05, 0) is 72.7 Å². The second-order valence-electron chi connectivity index (χ2n) is 11.0. The van der Waals surface area contributed by atoms with Crippen molar-refractivity contribution in [3.63, 3.8) is 0 Å². The Bertz CT molecular complexity index is 1440. The van der Waals surface area contributed by atoms with Crippen molar-refractivity contribution >= 4 is 50.6 Å². The summed E-state index contributed by atoms with van der Waals surface area (Å²) < 4.78 is 16.3. The van der Waals surface area contributed by atoms with Crippen LogP contribution in [-0.2, 0) is 5.79 Å². The van der Waals surface area contributed by atoms with Gasteiger partial charge in [0.25, 0.3) is 0 Å². The molecular weight excluding hydrogens is 525 g/mol. The van der Waals surface area contributed by atoms with Crippen LogP contribution in [0.25, 0.3) is 10.2 Å². The number of nitrogens with two attached hydrogens (primary N) is 2. The van der Waals surface area contributed by atoms with Gasteiger partial charge in [0.1, 0.15) is 5.82 Å². The van der Waals surface area contributed by atoms with E-state index >= 15 is 4.39 Å². The highest BCUT2D eigenvalue weighted by Crippen LogP contribution is 2.47. The SMILES string of the molecule is Cc1csc2c(N3NC(N)(c4ccc(N5CCN(C6CC7CCC6C7)CC5)c(F)c4)N=C3N)nc(Cl)nc12. The third-order valence-electron chi connectivity index (χ3n) is 8.77. The predicted molar refractivity (Wildman–Crippen MR) is 150 cm³/mol. The molecule has 2 aromatic heterocycles. The lowest BCUT2D eigenvalue weighted by Gasteiger charge is -2.42. The van der Waals surface area contributed by atoms with E-state index in [1.54, 1.807) is 6.07 Å². The summed E-state index contributed by atoms with van der Waals surface area (Å²) in [6, 6.07) is 5.78. The number of guanidine groups is 1. The molecule has 5 N–H and O–H groups in total. The lowest BCUT2D eigenvalue weighted by molar-refractivity contribution is 0.134. The van der Waals surface area contributed by atoms with Crippen LogP contribution in [-0.4, -0.2) is 53.0 Å². The minimum Gasteiger partial charge on any atom is -0.368 e. The number of hydrazine groups is 1. The molecule has 3 aromatic rings. The highest BCUT2D eigenvalue weighted by Gasteiger charge is 2.43. The molecule has 4 heterocycles. The van der Waals surface area contributed by atoms with Gasteiger partial charge in [-0.3, -0.25) is 10.6 Å². The number of rotatable bonds is 4. The highest BCUT2D eigenvalue weighted by atomic mass is 35.5. The van der Waals surface area contributed by atoms with Crippen molar-refractivity contribution in [2.24, 2.45) is 28.3 Å². The van der Waals surface area contributed by atoms with Gasteiger partial charge in [-0.1, -0.05) is 12.5 Å². The molecule has 200 valence electrons. The number of aliphatic imine (C=N–C) groups is 1. The average molecular weight is 556 g/mol. The second kappa shape index (κ2) is 8.99. The Morgan fingerprint density at radius 3 is 2.68 bits per heavy atom. The van der Waals surface area contributed by atoms with Crippen molar-refractivity contribution in [2.45, 2.75) is 44.4 Å². The number of hydrogen-bond donors (Lipinski definition) is 3. The van der Waals surface area contributed by atoms with Crippen LogP contribution in [0.1, 0.15) is 36.8 Å². The number of nitrogens with one attached hydrogen (secondary N) is 1. The molecule has 3 fully saturated rings. The predicted octanol–water partition coefficient (Wildman–Crippen LogP) is 3.51. The van der Waals surface area contributed by atoms with E-state index in [-0.39, 0.29) is 17.1 Å². The van der Waals surface area contributed by atoms with Gasteiger partial charge in [0, 0.05) is 37.8 Å². The largest absolute Gasteiger partial charge is 0.368 e. The monoisotopic (exact) mass is 555 g/mol. The van der Waals surface area contributed by atoms with Gasteiger partial charge in [0.15, 0.2) is 5.82 Å². The van der Waals surface area contributed by atoms with Gasteiger partial charge in [-0.25, -0.2) is 19.4 Å². The molecule has 2 bridgehead atoms. The Morgan fingerprint density at radius 2 is 1.97 bits per heavy atom. The van der Waals surface area contributed by atoms with E-state index in [0.29, 0.717) is 17.1 Å². The lowest BCUT2D eigenvalue weighted by Crippen LogP contribution is -2.53. The Morgan fingerprint density at radius 1 is 1.16 bits per heavy atom. The Labute approximate surface area is 229 Å². The number of halogens is 2. The van der Waals surface area contributed by atoms with E-state index in [0.717, 1.165) is 59.8 Å². The fraction of sp³-hybridized carbons (Fsp3) is 0.500. The van der Waals surface area contributed by atoms with Gasteiger partial charge >= 0.3 is 0 Å². The standard InChI is InChI=1S/C26H31ClFN9S/c1-14-13-38-22-21(14)31-24(27)32-23(22)37-25(29)33-26(30,34-37)17-4-5-19(18(28)12-17)35-6-8-36(9-7-35)20-11-15-2-3-16(20)10-15/h4-5,12-13,15-16,20,34H,2-3,6-11,30H2,1H3,(H2,29,33). The number of anilines is 2. The fourth-order valence-corrected chi connectivity index (χ4v) is 8.00. The molecule has 0 spiro atoms. The third-order valence-corrected chi connectivity index (χ3v) is 10.0. The zero-order valence-corrected chi connectivity index (χ0v) is 22.8. The molecule has 4 aliphatic rings. The first-order valence-electron chi connectivity index (χ1n) is 13.2. The maximum atomic E-state index is 15.5. The summed E-state index contributed by atoms with van der Waals surface area (Å²) in [6.07, 6.45) is 5.54. The van der Waals surface area contributed by atoms with E-state index in [4.69, 9.17) is 23.1 Å². The number of nitrogens with zero attached hydrogens (tertiary/aromatic N) is 6. The second-order valence-corrected chi connectivity index (χ2v) is 12.2. The zero-order chi connectivity index (χ0) is 26.2. The van der Waals surface area contributed by atoms with E-state index in [9.17, 15) is 0 Å². The van der Waals surface area contributed by atoms with Crippen LogP contribution in [0.15, 0.2) is 28.6 Å². The van der Waals surface area contributed by atoms with Gasteiger partial charge in [0.05, 0.1) is 15.9 Å². The molecule has 2 aliphatic heterocycles. The lowest BCUT2D eigenvalue weighted by atomic mass is 9.93. The Kier molecular flexibility index (Phi) is 5.79. The normalized spacial score (nSPS) is 29.6. The summed E-state index contributed by atoms with van der Waals surface area (Å²) in [6.45, 7) is 5.55. The minimum absolute atomic E-state index is 0.0917. The molecule has 2 saturated carbocycles. The number of aryl methyl sites for hydroxylation is 1. The third kappa shape index (κ3) is 3.94. The van der Waals surface area contributed by atoms with Crippen LogP contribution in [0.3, 0.4) is 0 Å². The number of piperazine rings is 1. The first kappa shape index (κ1) is 24.5. The average Bonchev–Trinajstić information content (AvgIpc) is 3.69. The number of hydrogen-bond acceptors (Lipinski definition) is 10. The van der Waals surface area contributed by atoms with E-state index in [1.807, 2.05) is 18.4 Å². The molecule has 4 atom stereocenters. The van der Waals surface area contributed by atoms with Crippen LogP contribution in [0.5, 0.6) is 0 Å². The summed E-state index contributed by atoms with van der Waals surface area (Å²) in [5.74, 6) is 0.581. The van der Waals surface area contributed by atoms with Crippen molar-refractivity contribution < 1.29 is 4.39 Å². The van der Waals surface area contributed by atoms with Crippen molar-refractivity contribution in [3.8, 4) is 0 Å². The van der Waals surface area contributed by atoms with Gasteiger partial charge in [-0.2, -0.15) is 10.4 Å². The summed E-state index contributed by atoms with van der Waals surface area (Å²) >= 11 is 7.68. The topological polar surface area (TPSA) is 112 Å². The molecule has 12 heteroatoms. The summed E-state index contributed by atoms with van der Waals surface area (Å²) in [4.78, 5) is 17.9. The Hall–Kier alpha value is -2.57. The summed E-state index contributed by atoms with van der Waals surface area (Å²) in [5.41, 5.74) is 18.8. The van der Waals surface area contributed by atoms with Crippen LogP contribution >= 0.6 is 22.9 Å². The van der Waals surface area contributed by atoms with Crippen molar-refractivity contribution in [1.29, 1.82) is 0 Å². The van der Waals surface area contributed by atoms with E-state index in [1.165, 1.54) is 48.1 Å². The van der Waals surface area contributed by atoms with E-state index < -0.39 is 5.79 Å². The molecule has 2 aliphatic carbocycles. The molecular formula is C26H31ClFN9S. The summed E-state index contributed by atoms with van der Waals surface area (Å²) in [7, 11) is 0. The van der Waals surface area contributed by atoms with Crippen LogP contribution < -0.4 is 26.8 Å². The van der Waals surface area contributed by atoms with Gasteiger partial charge in [0.2, 0.25) is 17.0 Å². The van der Waals surface area contributed by atoms with Crippen molar-refractivity contribution in [1.82, 2.24) is 20.3 Å². The van der Waals surface area contributed by atoms with Crippen LogP contribution in [0, 0.1) is 24.6 Å². The first-order chi connectivity index (χ1) is 18.3. The maximum absolute atomic E-state index is 15.5. The molecule has 1 aromatic carbocycles. The molecule has 0 amide bonds. The molecule has 4 unspecified atom stereocenters. The van der Waals surface area contributed by atoms with Gasteiger partial charge in [-0.15, -0.1) is 11.3 Å². The molecule has 9 nitrogen and oxygen atoms in total. The molecule has 0 radical (unpaired) electrons.